The minimum atomic E-state index is 0.0891. The first-order valence-corrected chi connectivity index (χ1v) is 6.56. The molecule has 0 aliphatic carbocycles. The Morgan fingerprint density at radius 1 is 1.11 bits per heavy atom. The van der Waals surface area contributed by atoms with Crippen molar-refractivity contribution in [2.75, 3.05) is 26.4 Å². The third-order valence-electron chi connectivity index (χ3n) is 3.28. The molecule has 2 N–H and O–H groups in total. The predicted molar refractivity (Wildman–Crippen MR) is 75.0 cm³/mol. The highest BCUT2D eigenvalue weighted by Crippen LogP contribution is 2.21. The fraction of sp³-hybridized carbons (Fsp3) is 0.600. The van der Waals surface area contributed by atoms with Gasteiger partial charge < -0.3 is 15.2 Å². The number of aryl methyl sites for hydroxylation is 3. The van der Waals surface area contributed by atoms with E-state index in [-0.39, 0.29) is 6.61 Å². The van der Waals surface area contributed by atoms with Crippen molar-refractivity contribution in [3.05, 3.63) is 34.4 Å². The highest BCUT2D eigenvalue weighted by atomic mass is 16.5. The van der Waals surface area contributed by atoms with Gasteiger partial charge in [0, 0.05) is 12.6 Å². The minimum absolute atomic E-state index is 0.0891. The van der Waals surface area contributed by atoms with Crippen LogP contribution in [0.2, 0.25) is 0 Å². The van der Waals surface area contributed by atoms with E-state index in [1.54, 1.807) is 0 Å². The molecule has 0 aliphatic rings. The second-order valence-corrected chi connectivity index (χ2v) is 4.80. The number of hydrogen-bond donors (Lipinski definition) is 2. The van der Waals surface area contributed by atoms with Crippen molar-refractivity contribution in [3.63, 3.8) is 0 Å². The van der Waals surface area contributed by atoms with E-state index in [2.05, 4.69) is 45.1 Å². The van der Waals surface area contributed by atoms with E-state index in [0.717, 1.165) is 6.54 Å². The lowest BCUT2D eigenvalue weighted by molar-refractivity contribution is 0.0928. The molecule has 0 amide bonds. The van der Waals surface area contributed by atoms with Gasteiger partial charge in [-0.05, 0) is 49.9 Å². The molecule has 3 nitrogen and oxygen atoms in total. The van der Waals surface area contributed by atoms with Crippen LogP contribution in [0.3, 0.4) is 0 Å². The molecule has 3 heteroatoms. The molecular weight excluding hydrogens is 226 g/mol. The Hall–Kier alpha value is -0.900. The largest absolute Gasteiger partial charge is 0.394 e. The summed E-state index contributed by atoms with van der Waals surface area (Å²) in [6.45, 7) is 10.6. The molecule has 18 heavy (non-hydrogen) atoms. The van der Waals surface area contributed by atoms with Crippen LogP contribution in [0, 0.1) is 20.8 Å². The zero-order chi connectivity index (χ0) is 13.5. The molecule has 0 radical (unpaired) electrons. The van der Waals surface area contributed by atoms with Crippen molar-refractivity contribution in [2.45, 2.75) is 33.7 Å². The number of benzene rings is 1. The Bertz CT molecular complexity index is 377. The molecule has 0 fully saturated rings. The zero-order valence-corrected chi connectivity index (χ0v) is 11.9. The Balaban J connectivity index is 2.51. The van der Waals surface area contributed by atoms with E-state index in [1.807, 2.05) is 0 Å². The van der Waals surface area contributed by atoms with Crippen molar-refractivity contribution in [3.8, 4) is 0 Å². The number of hydrogen-bond acceptors (Lipinski definition) is 3. The highest BCUT2D eigenvalue weighted by molar-refractivity contribution is 5.37. The molecule has 0 bridgehead atoms. The van der Waals surface area contributed by atoms with E-state index in [1.165, 1.54) is 22.3 Å². The van der Waals surface area contributed by atoms with Crippen LogP contribution in [0.5, 0.6) is 0 Å². The molecule has 102 valence electrons. The second-order valence-electron chi connectivity index (χ2n) is 4.80. The van der Waals surface area contributed by atoms with E-state index >= 15 is 0 Å². The highest BCUT2D eigenvalue weighted by Gasteiger charge is 2.09. The normalized spacial score (nSPS) is 12.7. The fourth-order valence-electron chi connectivity index (χ4n) is 2.07. The molecule has 0 aromatic heterocycles. The summed E-state index contributed by atoms with van der Waals surface area (Å²) in [5.74, 6) is 0. The minimum Gasteiger partial charge on any atom is -0.394 e. The number of aliphatic hydroxyl groups excluding tert-OH is 1. The number of aliphatic hydroxyl groups is 1. The van der Waals surface area contributed by atoms with Crippen molar-refractivity contribution in [1.82, 2.24) is 5.32 Å². The van der Waals surface area contributed by atoms with Crippen LogP contribution in [0.1, 0.15) is 35.2 Å². The predicted octanol–water partition coefficient (Wildman–Crippen LogP) is 2.27. The topological polar surface area (TPSA) is 41.5 Å². The van der Waals surface area contributed by atoms with Crippen molar-refractivity contribution in [2.24, 2.45) is 0 Å². The second kappa shape index (κ2) is 7.52. The van der Waals surface area contributed by atoms with Crippen LogP contribution >= 0.6 is 0 Å². The van der Waals surface area contributed by atoms with Crippen molar-refractivity contribution >= 4 is 0 Å². The van der Waals surface area contributed by atoms with Gasteiger partial charge in [-0.1, -0.05) is 12.1 Å². The summed E-state index contributed by atoms with van der Waals surface area (Å²) in [6, 6.07) is 4.82. The summed E-state index contributed by atoms with van der Waals surface area (Å²) in [5.41, 5.74) is 5.35. The van der Waals surface area contributed by atoms with Gasteiger partial charge in [-0.2, -0.15) is 0 Å². The maximum absolute atomic E-state index is 8.60. The third-order valence-corrected chi connectivity index (χ3v) is 3.28. The van der Waals surface area contributed by atoms with Gasteiger partial charge in [-0.3, -0.25) is 0 Å². The summed E-state index contributed by atoms with van der Waals surface area (Å²) in [7, 11) is 0. The van der Waals surface area contributed by atoms with Gasteiger partial charge in [0.25, 0.3) is 0 Å². The van der Waals surface area contributed by atoms with Crippen LogP contribution < -0.4 is 5.32 Å². The van der Waals surface area contributed by atoms with Gasteiger partial charge in [0.2, 0.25) is 0 Å². The molecule has 0 aliphatic heterocycles. The first-order valence-electron chi connectivity index (χ1n) is 6.56. The molecule has 0 saturated heterocycles. The third kappa shape index (κ3) is 4.41. The smallest absolute Gasteiger partial charge is 0.0698 e. The Kier molecular flexibility index (Phi) is 6.33. The quantitative estimate of drug-likeness (QED) is 0.730. The van der Waals surface area contributed by atoms with Gasteiger partial charge in [-0.25, -0.2) is 0 Å². The average Bonchev–Trinajstić information content (AvgIpc) is 2.33. The molecule has 0 saturated carbocycles. The van der Waals surface area contributed by atoms with Gasteiger partial charge in [0.15, 0.2) is 0 Å². The lowest BCUT2D eigenvalue weighted by atomic mass is 9.96. The fourth-order valence-corrected chi connectivity index (χ4v) is 2.07. The maximum atomic E-state index is 8.60. The van der Waals surface area contributed by atoms with E-state index < -0.39 is 0 Å². The molecule has 0 spiro atoms. The monoisotopic (exact) mass is 251 g/mol. The number of nitrogens with one attached hydrogen (secondary N) is 1. The van der Waals surface area contributed by atoms with Crippen LogP contribution in [-0.2, 0) is 4.74 Å². The van der Waals surface area contributed by atoms with Crippen LogP contribution in [-0.4, -0.2) is 31.5 Å². The molecular formula is C15H25NO2. The first kappa shape index (κ1) is 15.2. The first-order chi connectivity index (χ1) is 8.56. The molecule has 0 heterocycles. The molecule has 1 rings (SSSR count). The van der Waals surface area contributed by atoms with Gasteiger partial charge in [0.1, 0.15) is 0 Å². The van der Waals surface area contributed by atoms with Crippen LogP contribution in [0.15, 0.2) is 12.1 Å². The number of rotatable bonds is 7. The summed E-state index contributed by atoms with van der Waals surface area (Å²) in [4.78, 5) is 0. The summed E-state index contributed by atoms with van der Waals surface area (Å²) < 4.78 is 5.23. The van der Waals surface area contributed by atoms with E-state index in [4.69, 9.17) is 9.84 Å². The summed E-state index contributed by atoms with van der Waals surface area (Å²) in [6.07, 6.45) is 0. The molecule has 1 aromatic rings. The van der Waals surface area contributed by atoms with Crippen molar-refractivity contribution in [1.29, 1.82) is 0 Å². The maximum Gasteiger partial charge on any atom is 0.0698 e. The number of ether oxygens (including phenoxy) is 1. The van der Waals surface area contributed by atoms with Crippen LogP contribution in [0.4, 0.5) is 0 Å². The van der Waals surface area contributed by atoms with Crippen LogP contribution in [0.25, 0.3) is 0 Å². The Morgan fingerprint density at radius 3 is 2.44 bits per heavy atom. The van der Waals surface area contributed by atoms with Gasteiger partial charge in [-0.15, -0.1) is 0 Å². The van der Waals surface area contributed by atoms with E-state index in [9.17, 15) is 0 Å². The standard InChI is InChI=1S/C15H25NO2/c1-11-9-13(3)15(10-12(11)2)14(4)16-5-7-18-8-6-17/h9-10,14,16-17H,5-8H2,1-4H3. The Labute approximate surface area is 110 Å². The zero-order valence-electron chi connectivity index (χ0n) is 11.9. The van der Waals surface area contributed by atoms with Gasteiger partial charge >= 0.3 is 0 Å². The molecule has 1 aromatic carbocycles. The molecule has 1 atom stereocenters. The lowest BCUT2D eigenvalue weighted by Gasteiger charge is -2.18. The lowest BCUT2D eigenvalue weighted by Crippen LogP contribution is -2.24. The van der Waals surface area contributed by atoms with Crippen molar-refractivity contribution < 1.29 is 9.84 Å². The summed E-state index contributed by atoms with van der Waals surface area (Å²) >= 11 is 0. The Morgan fingerprint density at radius 2 is 1.78 bits per heavy atom. The average molecular weight is 251 g/mol. The summed E-state index contributed by atoms with van der Waals surface area (Å²) in [5, 5.41) is 12.0. The molecule has 1 unspecified atom stereocenters. The van der Waals surface area contributed by atoms with Gasteiger partial charge in [0.05, 0.1) is 19.8 Å². The SMILES string of the molecule is Cc1cc(C)c(C(C)NCCOCCO)cc1C. The van der Waals surface area contributed by atoms with E-state index in [0.29, 0.717) is 19.3 Å².